The number of aliphatic hydroxyl groups excluding tert-OH is 2. The van der Waals surface area contributed by atoms with Crippen molar-refractivity contribution in [1.82, 2.24) is 10.5 Å². The minimum Gasteiger partial charge on any atom is -0.394 e. The Kier molecular flexibility index (Phi) is 7.06. The van der Waals surface area contributed by atoms with Crippen LogP contribution >= 0.6 is 0 Å². The molecule has 1 heterocycles. The monoisotopic (exact) mass is 421 g/mol. The SMILES string of the molecule is Cc1cc(C(F)(F)F)cnc1Nc1c(C(=O)NOCC(O)CO)ccc(F)c1F. The van der Waals surface area contributed by atoms with Crippen molar-refractivity contribution >= 4 is 17.4 Å². The highest BCUT2D eigenvalue weighted by Crippen LogP contribution is 2.32. The Balaban J connectivity index is 2.30. The molecule has 0 aliphatic heterocycles. The maximum atomic E-state index is 14.3. The summed E-state index contributed by atoms with van der Waals surface area (Å²) in [6.07, 6.45) is -5.41. The van der Waals surface area contributed by atoms with Gasteiger partial charge in [0.15, 0.2) is 11.6 Å². The van der Waals surface area contributed by atoms with Gasteiger partial charge in [0, 0.05) is 6.20 Å². The van der Waals surface area contributed by atoms with Crippen LogP contribution in [0.25, 0.3) is 0 Å². The summed E-state index contributed by atoms with van der Waals surface area (Å²) in [5.41, 5.74) is -0.309. The van der Waals surface area contributed by atoms with Gasteiger partial charge in [0.25, 0.3) is 5.91 Å². The third-order valence-electron chi connectivity index (χ3n) is 3.64. The highest BCUT2D eigenvalue weighted by atomic mass is 19.4. The maximum absolute atomic E-state index is 14.3. The summed E-state index contributed by atoms with van der Waals surface area (Å²) in [5.74, 6) is -4.05. The predicted octanol–water partition coefficient (Wildman–Crippen LogP) is 2.45. The summed E-state index contributed by atoms with van der Waals surface area (Å²) in [6.45, 7) is 0.155. The van der Waals surface area contributed by atoms with Crippen LogP contribution in [-0.4, -0.2) is 40.4 Å². The lowest BCUT2D eigenvalue weighted by molar-refractivity contribution is -0.137. The smallest absolute Gasteiger partial charge is 0.394 e. The summed E-state index contributed by atoms with van der Waals surface area (Å²) in [6, 6.07) is 2.35. The molecule has 1 aromatic carbocycles. The van der Waals surface area contributed by atoms with Crippen molar-refractivity contribution in [2.75, 3.05) is 18.5 Å². The maximum Gasteiger partial charge on any atom is 0.417 e. The Morgan fingerprint density at radius 3 is 2.59 bits per heavy atom. The van der Waals surface area contributed by atoms with E-state index in [1.807, 2.05) is 5.48 Å². The summed E-state index contributed by atoms with van der Waals surface area (Å²) >= 11 is 0. The molecule has 12 heteroatoms. The Morgan fingerprint density at radius 1 is 1.31 bits per heavy atom. The predicted molar refractivity (Wildman–Crippen MR) is 90.1 cm³/mol. The number of halogens is 5. The number of anilines is 2. The number of hydrogen-bond acceptors (Lipinski definition) is 6. The van der Waals surface area contributed by atoms with Gasteiger partial charge in [0.05, 0.1) is 23.4 Å². The molecule has 0 saturated carbocycles. The standard InChI is InChI=1S/C17H16F5N3O4/c1-8-4-9(17(20,21)22)5-23-15(8)24-14-11(2-3-12(18)13(14)19)16(28)25-29-7-10(27)6-26/h2-5,10,26-27H,6-7H2,1H3,(H,23,24)(H,25,28). The number of nitrogens with one attached hydrogen (secondary N) is 2. The number of benzene rings is 1. The topological polar surface area (TPSA) is 104 Å². The molecule has 0 aliphatic carbocycles. The molecule has 2 rings (SSSR count). The number of rotatable bonds is 7. The quantitative estimate of drug-likeness (QED) is 0.405. The normalized spacial score (nSPS) is 12.6. The molecule has 0 radical (unpaired) electrons. The molecule has 1 amide bonds. The zero-order valence-corrected chi connectivity index (χ0v) is 14.8. The first-order valence-electron chi connectivity index (χ1n) is 8.04. The number of hydroxylamine groups is 1. The van der Waals surface area contributed by atoms with Crippen molar-refractivity contribution < 1.29 is 41.8 Å². The van der Waals surface area contributed by atoms with E-state index in [0.717, 1.165) is 12.1 Å². The molecular formula is C17H16F5N3O4. The van der Waals surface area contributed by atoms with Crippen LogP contribution < -0.4 is 10.8 Å². The van der Waals surface area contributed by atoms with Gasteiger partial charge >= 0.3 is 6.18 Å². The van der Waals surface area contributed by atoms with Crippen molar-refractivity contribution in [2.45, 2.75) is 19.2 Å². The van der Waals surface area contributed by atoms with Gasteiger partial charge in [-0.2, -0.15) is 13.2 Å². The number of aromatic nitrogens is 1. The van der Waals surface area contributed by atoms with Crippen molar-refractivity contribution in [3.05, 3.63) is 52.7 Å². The molecule has 1 aromatic heterocycles. The van der Waals surface area contributed by atoms with E-state index in [4.69, 9.17) is 10.2 Å². The van der Waals surface area contributed by atoms with Gasteiger partial charge in [0.2, 0.25) is 0 Å². The van der Waals surface area contributed by atoms with Gasteiger partial charge < -0.3 is 15.5 Å². The molecule has 0 bridgehead atoms. The van der Waals surface area contributed by atoms with Gasteiger partial charge in [-0.1, -0.05) is 0 Å². The van der Waals surface area contributed by atoms with E-state index >= 15 is 0 Å². The molecule has 4 N–H and O–H groups in total. The lowest BCUT2D eigenvalue weighted by atomic mass is 10.1. The van der Waals surface area contributed by atoms with Crippen LogP contribution in [0, 0.1) is 18.6 Å². The number of nitrogens with zero attached hydrogens (tertiary/aromatic N) is 1. The summed E-state index contributed by atoms with van der Waals surface area (Å²) < 4.78 is 66.1. The van der Waals surface area contributed by atoms with Crippen LogP contribution in [0.3, 0.4) is 0 Å². The van der Waals surface area contributed by atoms with Crippen LogP contribution in [0.2, 0.25) is 0 Å². The first kappa shape index (κ1) is 22.5. The van der Waals surface area contributed by atoms with Gasteiger partial charge in [-0.25, -0.2) is 19.2 Å². The van der Waals surface area contributed by atoms with Crippen LogP contribution in [0.1, 0.15) is 21.5 Å². The molecule has 0 fully saturated rings. The largest absolute Gasteiger partial charge is 0.417 e. The third-order valence-corrected chi connectivity index (χ3v) is 3.64. The lowest BCUT2D eigenvalue weighted by Crippen LogP contribution is -2.30. The van der Waals surface area contributed by atoms with E-state index in [1.165, 1.54) is 6.92 Å². The van der Waals surface area contributed by atoms with E-state index < -0.39 is 59.8 Å². The number of pyridine rings is 1. The summed E-state index contributed by atoms with van der Waals surface area (Å²) in [4.78, 5) is 20.4. The number of carbonyl (C=O) groups excluding carboxylic acids is 1. The van der Waals surface area contributed by atoms with Crippen molar-refractivity contribution in [1.29, 1.82) is 0 Å². The first-order valence-corrected chi connectivity index (χ1v) is 8.04. The van der Waals surface area contributed by atoms with Crippen molar-refractivity contribution in [2.24, 2.45) is 0 Å². The number of aryl methyl sites for hydroxylation is 1. The van der Waals surface area contributed by atoms with E-state index in [2.05, 4.69) is 15.1 Å². The van der Waals surface area contributed by atoms with Crippen molar-refractivity contribution in [3.63, 3.8) is 0 Å². The molecule has 158 valence electrons. The average molecular weight is 421 g/mol. The zero-order chi connectivity index (χ0) is 21.8. The molecule has 7 nitrogen and oxygen atoms in total. The zero-order valence-electron chi connectivity index (χ0n) is 14.8. The second-order valence-electron chi connectivity index (χ2n) is 5.87. The van der Waals surface area contributed by atoms with Gasteiger partial charge in [-0.3, -0.25) is 9.63 Å². The molecule has 0 aliphatic rings. The number of amides is 1. The molecule has 0 spiro atoms. The molecule has 1 atom stereocenters. The molecular weight excluding hydrogens is 405 g/mol. The van der Waals surface area contributed by atoms with E-state index in [0.29, 0.717) is 12.3 Å². The Morgan fingerprint density at radius 2 is 2.00 bits per heavy atom. The van der Waals surface area contributed by atoms with Crippen LogP contribution in [0.15, 0.2) is 24.4 Å². The fraction of sp³-hybridized carbons (Fsp3) is 0.294. The molecule has 0 saturated heterocycles. The highest BCUT2D eigenvalue weighted by Gasteiger charge is 2.31. The Hall–Kier alpha value is -2.83. The number of alkyl halides is 3. The molecule has 29 heavy (non-hydrogen) atoms. The molecule has 2 aromatic rings. The van der Waals surface area contributed by atoms with Crippen LogP contribution in [0.4, 0.5) is 33.5 Å². The third kappa shape index (κ3) is 5.59. The minimum absolute atomic E-state index is 0.0304. The fourth-order valence-corrected chi connectivity index (χ4v) is 2.15. The number of aliphatic hydroxyl groups is 2. The number of hydrogen-bond donors (Lipinski definition) is 4. The summed E-state index contributed by atoms with van der Waals surface area (Å²) in [7, 11) is 0. The fourth-order valence-electron chi connectivity index (χ4n) is 2.15. The van der Waals surface area contributed by atoms with Gasteiger partial charge in [0.1, 0.15) is 18.5 Å². The van der Waals surface area contributed by atoms with Gasteiger partial charge in [-0.15, -0.1) is 0 Å². The Bertz CT molecular complexity index is 892. The van der Waals surface area contributed by atoms with Crippen LogP contribution in [0.5, 0.6) is 0 Å². The minimum atomic E-state index is -4.64. The second kappa shape index (κ2) is 9.11. The number of carbonyl (C=O) groups is 1. The van der Waals surface area contributed by atoms with Crippen molar-refractivity contribution in [3.8, 4) is 0 Å². The summed E-state index contributed by atoms with van der Waals surface area (Å²) in [5, 5.41) is 20.1. The lowest BCUT2D eigenvalue weighted by Gasteiger charge is -2.16. The highest BCUT2D eigenvalue weighted by molar-refractivity contribution is 5.99. The van der Waals surface area contributed by atoms with E-state index in [1.54, 1.807) is 0 Å². The first-order chi connectivity index (χ1) is 13.5. The Labute approximate surface area is 161 Å². The average Bonchev–Trinajstić information content (AvgIpc) is 2.65. The second-order valence-corrected chi connectivity index (χ2v) is 5.87. The molecule has 1 unspecified atom stereocenters. The van der Waals surface area contributed by atoms with Gasteiger partial charge in [-0.05, 0) is 30.7 Å². The van der Waals surface area contributed by atoms with E-state index in [-0.39, 0.29) is 11.4 Å². The van der Waals surface area contributed by atoms with Crippen LogP contribution in [-0.2, 0) is 11.0 Å². The van der Waals surface area contributed by atoms with E-state index in [9.17, 15) is 26.7 Å².